The molecule has 1 aromatic rings. The van der Waals surface area contributed by atoms with Crippen LogP contribution >= 0.6 is 0 Å². The quantitative estimate of drug-likeness (QED) is 0.657. The van der Waals surface area contributed by atoms with Gasteiger partial charge in [-0.15, -0.1) is 5.92 Å². The number of rotatable bonds is 1. The van der Waals surface area contributed by atoms with Crippen LogP contribution in [0, 0.1) is 36.0 Å². The number of hydrogen-bond donors (Lipinski definition) is 2. The van der Waals surface area contributed by atoms with Crippen molar-refractivity contribution in [1.82, 2.24) is 0 Å². The maximum absolute atomic E-state index is 12.1. The first-order valence-electron chi connectivity index (χ1n) is 11.7. The van der Waals surface area contributed by atoms with Crippen LogP contribution in [0.4, 0.5) is 0 Å². The third kappa shape index (κ3) is 2.92. The van der Waals surface area contributed by atoms with Gasteiger partial charge < -0.3 is 10.2 Å². The predicted molar refractivity (Wildman–Crippen MR) is 121 cm³/mol. The van der Waals surface area contributed by atoms with Gasteiger partial charge in [0.1, 0.15) is 0 Å². The number of carbonyl (C=O) groups is 1. The molecule has 0 amide bonds. The highest BCUT2D eigenvalue weighted by Gasteiger charge is 2.66. The van der Waals surface area contributed by atoms with Crippen molar-refractivity contribution in [2.75, 3.05) is 0 Å². The molecule has 1 aromatic carbocycles. The topological polar surface area (TPSA) is 57.5 Å². The molecule has 4 aliphatic carbocycles. The van der Waals surface area contributed by atoms with E-state index in [2.05, 4.69) is 50.0 Å². The second-order valence-corrected chi connectivity index (χ2v) is 10.3. The lowest BCUT2D eigenvalue weighted by Crippen LogP contribution is -2.54. The van der Waals surface area contributed by atoms with Gasteiger partial charge in [-0.25, -0.2) is 0 Å². The normalized spacial score (nSPS) is 39.1. The molecule has 162 valence electrons. The first kappa shape index (κ1) is 20.7. The molecule has 3 nitrogen and oxygen atoms in total. The smallest absolute Gasteiger partial charge is 0.156 e. The Morgan fingerprint density at radius 2 is 1.87 bits per heavy atom. The molecular formula is C28H32O3. The number of aliphatic hydroxyl groups excluding tert-OH is 1. The minimum Gasteiger partial charge on any atom is -0.389 e. The average Bonchev–Trinajstić information content (AvgIpc) is 2.94. The number of aliphatic hydroxyl groups is 2. The zero-order valence-electron chi connectivity index (χ0n) is 18.7. The molecule has 0 bridgehead atoms. The third-order valence-corrected chi connectivity index (χ3v) is 8.75. The Labute approximate surface area is 185 Å². The molecule has 31 heavy (non-hydrogen) atoms. The minimum atomic E-state index is -1.38. The number of ketones is 1. The summed E-state index contributed by atoms with van der Waals surface area (Å²) in [5.41, 5.74) is 4.71. The SMILES string of the molecule is CC#C[C@@]1(O)[C@H](O)C[C@H]2[C@@H]3CCC4=CC(=O)CCC4=C3[C@@H](c3ccc(C)cc3)C[C@@]21C. The van der Waals surface area contributed by atoms with Gasteiger partial charge in [-0.1, -0.05) is 48.2 Å². The molecule has 2 N–H and O–H groups in total. The molecule has 2 fully saturated rings. The zero-order chi connectivity index (χ0) is 22.0. The molecular weight excluding hydrogens is 384 g/mol. The Hall–Kier alpha value is -2.15. The Bertz CT molecular complexity index is 1050. The van der Waals surface area contributed by atoms with E-state index >= 15 is 0 Å². The summed E-state index contributed by atoms with van der Waals surface area (Å²) in [6.07, 6.45) is 5.70. The van der Waals surface area contributed by atoms with Crippen LogP contribution in [0.15, 0.2) is 47.1 Å². The lowest BCUT2D eigenvalue weighted by molar-refractivity contribution is -0.114. The summed E-state index contributed by atoms with van der Waals surface area (Å²) in [6, 6.07) is 8.76. The highest BCUT2D eigenvalue weighted by atomic mass is 16.3. The van der Waals surface area contributed by atoms with Crippen LogP contribution in [0.3, 0.4) is 0 Å². The van der Waals surface area contributed by atoms with Crippen molar-refractivity contribution < 1.29 is 15.0 Å². The van der Waals surface area contributed by atoms with E-state index in [9.17, 15) is 15.0 Å². The van der Waals surface area contributed by atoms with E-state index in [1.807, 2.05) is 6.08 Å². The summed E-state index contributed by atoms with van der Waals surface area (Å²) in [5.74, 6) is 6.86. The van der Waals surface area contributed by atoms with Crippen molar-refractivity contribution in [1.29, 1.82) is 0 Å². The highest BCUT2D eigenvalue weighted by Crippen LogP contribution is 2.66. The van der Waals surface area contributed by atoms with Gasteiger partial charge in [-0.3, -0.25) is 4.79 Å². The number of aryl methyl sites for hydroxylation is 1. The molecule has 3 heteroatoms. The van der Waals surface area contributed by atoms with E-state index in [1.165, 1.54) is 27.8 Å². The van der Waals surface area contributed by atoms with Gasteiger partial charge >= 0.3 is 0 Å². The predicted octanol–water partition coefficient (Wildman–Crippen LogP) is 4.62. The van der Waals surface area contributed by atoms with Gasteiger partial charge in [-0.05, 0) is 80.6 Å². The molecule has 0 heterocycles. The summed E-state index contributed by atoms with van der Waals surface area (Å²) in [7, 11) is 0. The molecule has 2 saturated carbocycles. The molecule has 5 rings (SSSR count). The number of carbonyl (C=O) groups excluding carboxylic acids is 1. The summed E-state index contributed by atoms with van der Waals surface area (Å²) >= 11 is 0. The maximum Gasteiger partial charge on any atom is 0.156 e. The van der Waals surface area contributed by atoms with Crippen molar-refractivity contribution in [2.24, 2.45) is 17.3 Å². The molecule has 0 aliphatic heterocycles. The van der Waals surface area contributed by atoms with Crippen LogP contribution in [0.1, 0.15) is 69.4 Å². The fourth-order valence-corrected chi connectivity index (χ4v) is 7.19. The van der Waals surface area contributed by atoms with E-state index < -0.39 is 17.1 Å². The van der Waals surface area contributed by atoms with Crippen LogP contribution in [0.5, 0.6) is 0 Å². The second-order valence-electron chi connectivity index (χ2n) is 10.3. The van der Waals surface area contributed by atoms with Gasteiger partial charge in [0.25, 0.3) is 0 Å². The largest absolute Gasteiger partial charge is 0.389 e. The molecule has 4 aliphatic rings. The summed E-state index contributed by atoms with van der Waals surface area (Å²) in [6.45, 7) is 5.99. The Morgan fingerprint density at radius 3 is 2.58 bits per heavy atom. The van der Waals surface area contributed by atoms with Crippen molar-refractivity contribution in [3.05, 3.63) is 58.2 Å². The number of hydrogen-bond acceptors (Lipinski definition) is 3. The lowest BCUT2D eigenvalue weighted by Gasteiger charge is -2.53. The first-order chi connectivity index (χ1) is 14.8. The maximum atomic E-state index is 12.1. The Kier molecular flexibility index (Phi) is 4.81. The molecule has 0 spiro atoms. The number of fused-ring (bicyclic) bond motifs is 4. The monoisotopic (exact) mass is 416 g/mol. The Balaban J connectivity index is 1.71. The molecule has 0 unspecified atom stereocenters. The number of allylic oxidation sites excluding steroid dienone is 4. The summed E-state index contributed by atoms with van der Waals surface area (Å²) in [4.78, 5) is 12.1. The third-order valence-electron chi connectivity index (χ3n) is 8.75. The van der Waals surface area contributed by atoms with Gasteiger partial charge in [-0.2, -0.15) is 0 Å². The van der Waals surface area contributed by atoms with Gasteiger partial charge in [0.2, 0.25) is 0 Å². The molecule has 0 radical (unpaired) electrons. The first-order valence-corrected chi connectivity index (χ1v) is 11.7. The second kappa shape index (κ2) is 7.19. The summed E-state index contributed by atoms with van der Waals surface area (Å²) < 4.78 is 0. The zero-order valence-corrected chi connectivity index (χ0v) is 18.7. The van der Waals surface area contributed by atoms with E-state index in [-0.39, 0.29) is 17.6 Å². The lowest BCUT2D eigenvalue weighted by atomic mass is 9.51. The van der Waals surface area contributed by atoms with Gasteiger partial charge in [0, 0.05) is 17.8 Å². The fourth-order valence-electron chi connectivity index (χ4n) is 7.19. The van der Waals surface area contributed by atoms with Crippen molar-refractivity contribution in [3.63, 3.8) is 0 Å². The van der Waals surface area contributed by atoms with Gasteiger partial charge in [0.05, 0.1) is 6.10 Å². The van der Waals surface area contributed by atoms with E-state index in [0.717, 1.165) is 25.7 Å². The van der Waals surface area contributed by atoms with Gasteiger partial charge in [0.15, 0.2) is 11.4 Å². The minimum absolute atomic E-state index is 0.175. The standard InChI is InChI=1S/C28H32O3/c1-4-13-28(31)25(30)15-24-22-11-9-19-14-20(29)10-12-21(19)26(22)23(16-27(24,28)3)18-7-5-17(2)6-8-18/h5-8,14,22-25,30-31H,9-12,15-16H2,1-3H3/t22-,23+,24-,25+,27-,28+/m0/s1. The summed E-state index contributed by atoms with van der Waals surface area (Å²) in [5, 5.41) is 22.7. The van der Waals surface area contributed by atoms with E-state index in [0.29, 0.717) is 18.8 Å². The highest BCUT2D eigenvalue weighted by molar-refractivity contribution is 5.93. The Morgan fingerprint density at radius 1 is 1.13 bits per heavy atom. The van der Waals surface area contributed by atoms with Crippen LogP contribution in [-0.2, 0) is 4.79 Å². The number of benzene rings is 1. The van der Waals surface area contributed by atoms with Crippen LogP contribution in [0.2, 0.25) is 0 Å². The van der Waals surface area contributed by atoms with E-state index in [1.54, 1.807) is 6.92 Å². The van der Waals surface area contributed by atoms with E-state index in [4.69, 9.17) is 0 Å². The molecule has 0 saturated heterocycles. The van der Waals surface area contributed by atoms with Crippen LogP contribution < -0.4 is 0 Å². The van der Waals surface area contributed by atoms with Crippen molar-refractivity contribution in [2.45, 2.75) is 76.9 Å². The van der Waals surface area contributed by atoms with Crippen LogP contribution in [0.25, 0.3) is 0 Å². The molecule has 6 atom stereocenters. The average molecular weight is 417 g/mol. The fraction of sp³-hybridized carbons (Fsp3) is 0.536. The van der Waals surface area contributed by atoms with Crippen LogP contribution in [-0.4, -0.2) is 27.7 Å². The van der Waals surface area contributed by atoms with Crippen molar-refractivity contribution >= 4 is 5.78 Å². The molecule has 0 aromatic heterocycles. The van der Waals surface area contributed by atoms with Crippen molar-refractivity contribution in [3.8, 4) is 11.8 Å².